The smallest absolute Gasteiger partial charge is 0.412 e. The molecule has 260 valence electrons. The zero-order valence-corrected chi connectivity index (χ0v) is 29.1. The monoisotopic (exact) mass is 674 g/mol. The molecule has 0 aliphatic rings. The molecule has 0 aliphatic heterocycles. The second kappa shape index (κ2) is 14.6. The summed E-state index contributed by atoms with van der Waals surface area (Å²) in [5.74, 6) is -0.0781. The van der Waals surface area contributed by atoms with E-state index in [4.69, 9.17) is 14.2 Å². The summed E-state index contributed by atoms with van der Waals surface area (Å²) in [5, 5.41) is 2.55. The maximum atomic E-state index is 15.5. The van der Waals surface area contributed by atoms with Gasteiger partial charge < -0.3 is 14.2 Å². The number of fused-ring (bicyclic) bond motifs is 1. The predicted molar refractivity (Wildman–Crippen MR) is 190 cm³/mol. The van der Waals surface area contributed by atoms with Crippen molar-refractivity contribution < 1.29 is 24.8 Å². The normalized spacial score (nSPS) is 11.1. The van der Waals surface area contributed by atoms with Crippen LogP contribution < -0.4 is 31.6 Å². The minimum absolute atomic E-state index is 0. The van der Waals surface area contributed by atoms with Crippen LogP contribution in [0.15, 0.2) is 81.1 Å². The molecule has 5 rings (SSSR count). The van der Waals surface area contributed by atoms with Gasteiger partial charge in [0.05, 0.1) is 25.0 Å². The van der Waals surface area contributed by atoms with Crippen molar-refractivity contribution in [1.82, 2.24) is 13.7 Å². The third-order valence-electron chi connectivity index (χ3n) is 7.45. The number of nitrogens with zero attached hydrogens (tertiary/aromatic N) is 3. The average molecular weight is 675 g/mol. The first-order valence-corrected chi connectivity index (χ1v) is 15.7. The highest BCUT2D eigenvalue weighted by Crippen LogP contribution is 2.33. The molecule has 5 aromatic rings. The summed E-state index contributed by atoms with van der Waals surface area (Å²) < 4.78 is 35.5. The van der Waals surface area contributed by atoms with Gasteiger partial charge in [0.2, 0.25) is 0 Å². The Hall–Kier alpha value is -5.65. The summed E-state index contributed by atoms with van der Waals surface area (Å²) >= 11 is 0. The van der Waals surface area contributed by atoms with Crippen LogP contribution in [0.4, 0.5) is 14.9 Å². The maximum absolute atomic E-state index is 15.5. The number of benzene rings is 3. The van der Waals surface area contributed by atoms with Crippen LogP contribution in [0.25, 0.3) is 16.7 Å². The lowest BCUT2D eigenvalue weighted by molar-refractivity contribution is 0.0635. The van der Waals surface area contributed by atoms with Gasteiger partial charge in [-0.15, -0.1) is 0 Å². The summed E-state index contributed by atoms with van der Waals surface area (Å²) in [5.41, 5.74) is -1.19. The third kappa shape index (κ3) is 7.75. The minimum atomic E-state index is -0.854. The molecule has 2 heterocycles. The lowest BCUT2D eigenvalue weighted by atomic mass is 10.1. The van der Waals surface area contributed by atoms with Crippen molar-refractivity contribution in [2.75, 3.05) is 12.4 Å². The highest BCUT2D eigenvalue weighted by atomic mass is 19.1. The number of hydrogen-bond donors (Lipinski definition) is 1. The van der Waals surface area contributed by atoms with E-state index >= 15 is 4.39 Å². The van der Waals surface area contributed by atoms with Crippen LogP contribution in [0.1, 0.15) is 52.7 Å². The van der Waals surface area contributed by atoms with E-state index < -0.39 is 34.3 Å². The van der Waals surface area contributed by atoms with E-state index in [1.54, 1.807) is 83.1 Å². The first-order valence-electron chi connectivity index (χ1n) is 15.7. The number of anilines is 1. The number of rotatable bonds is 7. The summed E-state index contributed by atoms with van der Waals surface area (Å²) in [6.07, 6.45) is -0.678. The molecule has 3 aromatic carbocycles. The maximum Gasteiger partial charge on any atom is 0.412 e. The van der Waals surface area contributed by atoms with E-state index in [1.807, 2.05) is 13.8 Å². The third-order valence-corrected chi connectivity index (χ3v) is 7.45. The van der Waals surface area contributed by atoms with Crippen molar-refractivity contribution >= 4 is 22.8 Å². The number of nitrogens with one attached hydrogen (secondary N) is 1. The summed E-state index contributed by atoms with van der Waals surface area (Å²) in [6.45, 7) is 12.4. The van der Waals surface area contributed by atoms with Gasteiger partial charge in [0.1, 0.15) is 39.7 Å². The van der Waals surface area contributed by atoms with Gasteiger partial charge in [-0.2, -0.15) is 0 Å². The van der Waals surface area contributed by atoms with Crippen LogP contribution in [0.3, 0.4) is 0 Å². The van der Waals surface area contributed by atoms with E-state index in [2.05, 4.69) is 5.32 Å². The van der Waals surface area contributed by atoms with Gasteiger partial charge in [0, 0.05) is 20.1 Å². The molecule has 49 heavy (non-hydrogen) atoms. The minimum Gasteiger partial charge on any atom is -0.497 e. The first-order chi connectivity index (χ1) is 23.2. The Labute approximate surface area is 284 Å². The van der Waals surface area contributed by atoms with E-state index in [1.165, 1.54) is 26.3 Å². The van der Waals surface area contributed by atoms with Crippen LogP contribution in [-0.2, 0) is 18.3 Å². The Morgan fingerprint density at radius 2 is 1.61 bits per heavy atom. The van der Waals surface area contributed by atoms with Crippen LogP contribution >= 0.6 is 0 Å². The Bertz CT molecular complexity index is 2200. The number of aromatic nitrogens is 3. The number of pyridine rings is 1. The fraction of sp³-hybridized carbons (Fsp3) is 0.297. The summed E-state index contributed by atoms with van der Waals surface area (Å²) in [6, 6.07) is 17.1. The molecule has 0 atom stereocenters. The molecule has 1 N–H and O–H groups in total. The molecular weight excluding hydrogens is 631 g/mol. The number of carbonyl (C=O) groups is 1. The number of carbonyl (C=O) groups excluding carboxylic acids is 1. The summed E-state index contributed by atoms with van der Waals surface area (Å²) in [7, 11) is 2.91. The van der Waals surface area contributed by atoms with Gasteiger partial charge in [-0.05, 0) is 82.1 Å². The standard InChI is InChI=1S/C35H35FN4O7.C2H6.H2/c1-20-11-16-26(24(36)17-20)40-31-30(32(42)39(34(40)44)19-22-12-14-23(45-7)15-13-22)28(18-29(41)38(31)6)46-27-10-8-9-25(21(27)2)37-33(43)47-35(3,4)5;1-2;/h8-18H,19H2,1-7H3,(H,37,43);1-2H3;1H. The molecule has 0 saturated heterocycles. The molecule has 0 radical (unpaired) electrons. The van der Waals surface area contributed by atoms with Gasteiger partial charge in [-0.1, -0.05) is 38.1 Å². The van der Waals surface area contributed by atoms with Crippen molar-refractivity contribution in [2.45, 2.75) is 60.6 Å². The topological polar surface area (TPSA) is 123 Å². The number of amides is 1. The van der Waals surface area contributed by atoms with E-state index in [-0.39, 0.29) is 36.2 Å². The predicted octanol–water partition coefficient (Wildman–Crippen LogP) is 7.08. The van der Waals surface area contributed by atoms with Gasteiger partial charge >= 0.3 is 11.8 Å². The highest BCUT2D eigenvalue weighted by molar-refractivity contribution is 5.87. The largest absolute Gasteiger partial charge is 0.497 e. The Balaban J connectivity index is 0.00000221. The van der Waals surface area contributed by atoms with Crippen molar-refractivity contribution in [3.63, 3.8) is 0 Å². The van der Waals surface area contributed by atoms with Crippen molar-refractivity contribution in [3.05, 3.63) is 120 Å². The molecule has 0 unspecified atom stereocenters. The summed E-state index contributed by atoms with van der Waals surface area (Å²) in [4.78, 5) is 54.2. The van der Waals surface area contributed by atoms with Crippen molar-refractivity contribution in [3.8, 4) is 22.9 Å². The molecule has 2 aromatic heterocycles. The van der Waals surface area contributed by atoms with Gasteiger partial charge in [0.25, 0.3) is 11.1 Å². The molecule has 0 spiro atoms. The second-order valence-corrected chi connectivity index (χ2v) is 12.1. The molecule has 0 saturated carbocycles. The zero-order chi connectivity index (χ0) is 36.2. The number of aryl methyl sites for hydroxylation is 2. The van der Waals surface area contributed by atoms with Crippen molar-refractivity contribution in [2.24, 2.45) is 7.05 Å². The lowest BCUT2D eigenvalue weighted by Crippen LogP contribution is -2.42. The quantitative estimate of drug-likeness (QED) is 0.196. The fourth-order valence-corrected chi connectivity index (χ4v) is 5.10. The lowest BCUT2D eigenvalue weighted by Gasteiger charge is -2.21. The number of halogens is 1. The molecule has 0 aliphatic carbocycles. The number of hydrogen-bond acceptors (Lipinski definition) is 7. The van der Waals surface area contributed by atoms with Crippen LogP contribution in [0, 0.1) is 19.7 Å². The second-order valence-electron chi connectivity index (χ2n) is 12.1. The molecular formula is C37H43FN4O7. The van der Waals surface area contributed by atoms with Crippen molar-refractivity contribution in [1.29, 1.82) is 0 Å². The van der Waals surface area contributed by atoms with E-state index in [9.17, 15) is 19.2 Å². The van der Waals surface area contributed by atoms with Gasteiger partial charge in [-0.3, -0.25) is 24.0 Å². The van der Waals surface area contributed by atoms with Crippen LogP contribution in [-0.4, -0.2) is 32.5 Å². The van der Waals surface area contributed by atoms with Gasteiger partial charge in [0.15, 0.2) is 0 Å². The molecule has 0 bridgehead atoms. The van der Waals surface area contributed by atoms with E-state index in [0.29, 0.717) is 28.1 Å². The number of ether oxygens (including phenoxy) is 3. The molecule has 1 amide bonds. The highest BCUT2D eigenvalue weighted by Gasteiger charge is 2.24. The molecule has 12 heteroatoms. The average Bonchev–Trinajstić information content (AvgIpc) is 3.04. The Kier molecular flexibility index (Phi) is 10.8. The Morgan fingerprint density at radius 3 is 2.22 bits per heavy atom. The number of methoxy groups -OCH3 is 1. The van der Waals surface area contributed by atoms with Crippen LogP contribution in [0.5, 0.6) is 17.2 Å². The molecule has 0 fully saturated rings. The van der Waals surface area contributed by atoms with Gasteiger partial charge in [-0.25, -0.2) is 18.5 Å². The van der Waals surface area contributed by atoms with Crippen LogP contribution in [0.2, 0.25) is 0 Å². The Morgan fingerprint density at radius 1 is 0.939 bits per heavy atom. The fourth-order valence-electron chi connectivity index (χ4n) is 5.10. The zero-order valence-electron chi connectivity index (χ0n) is 29.1. The first kappa shape index (κ1) is 36.2. The molecule has 11 nitrogen and oxygen atoms in total. The van der Waals surface area contributed by atoms with E-state index in [0.717, 1.165) is 19.8 Å². The SMILES string of the molecule is CC.COc1ccc(Cn2c(=O)c3c(Oc4cccc(NC(=O)OC(C)(C)C)c4C)cc(=O)n(C)c3n(-c3ccc(C)cc3F)c2=O)cc1.[HH].